The van der Waals surface area contributed by atoms with Crippen molar-refractivity contribution in [1.82, 2.24) is 10.2 Å². The molecule has 0 aliphatic carbocycles. The molecular weight excluding hydrogens is 330 g/mol. The summed E-state index contributed by atoms with van der Waals surface area (Å²) in [4.78, 5) is 0. The normalized spacial score (nSPS) is 10.1. The van der Waals surface area contributed by atoms with Gasteiger partial charge in [0.2, 0.25) is 0 Å². The molecule has 5 heteroatoms. The fourth-order valence-electron chi connectivity index (χ4n) is 2.43. The second-order valence-corrected chi connectivity index (χ2v) is 5.15. The molecule has 1 aromatic heterocycles. The van der Waals surface area contributed by atoms with Gasteiger partial charge in [0.05, 0.1) is 11.3 Å². The van der Waals surface area contributed by atoms with E-state index in [1.807, 2.05) is 44.2 Å². The molecule has 2 aromatic carbocycles. The zero-order valence-corrected chi connectivity index (χ0v) is 14.4. The van der Waals surface area contributed by atoms with E-state index in [1.54, 1.807) is 6.92 Å². The summed E-state index contributed by atoms with van der Waals surface area (Å²) in [5.74, 6) is -1.38. The smallest absolute Gasteiger partial charge is 0.160 e. The zero-order valence-electron chi connectivity index (χ0n) is 13.6. The van der Waals surface area contributed by atoms with E-state index >= 15 is 0 Å². The zero-order chi connectivity index (χ0) is 17.7. The van der Waals surface area contributed by atoms with Crippen molar-refractivity contribution < 1.29 is 8.78 Å². The second kappa shape index (κ2) is 7.97. The van der Waals surface area contributed by atoms with Gasteiger partial charge in [0.1, 0.15) is 11.6 Å². The summed E-state index contributed by atoms with van der Waals surface area (Å²) in [5.41, 5.74) is 1.92. The Kier molecular flexibility index (Phi) is 5.99. The summed E-state index contributed by atoms with van der Waals surface area (Å²) in [6, 6.07) is 12.9. The summed E-state index contributed by atoms with van der Waals surface area (Å²) >= 11 is 6.12. The summed E-state index contributed by atoms with van der Waals surface area (Å²) in [7, 11) is 0. The molecule has 0 bridgehead atoms. The van der Waals surface area contributed by atoms with Crippen LogP contribution in [0.15, 0.2) is 48.5 Å². The van der Waals surface area contributed by atoms with Gasteiger partial charge in [-0.05, 0) is 24.6 Å². The van der Waals surface area contributed by atoms with Crippen molar-refractivity contribution in [3.8, 4) is 22.3 Å². The van der Waals surface area contributed by atoms with E-state index in [1.165, 1.54) is 18.2 Å². The maximum atomic E-state index is 14.2. The summed E-state index contributed by atoms with van der Waals surface area (Å²) in [5, 5.41) is 7.75. The minimum atomic E-state index is -0.688. The largest absolute Gasteiger partial charge is 0.206 e. The van der Waals surface area contributed by atoms with Crippen molar-refractivity contribution in [3.05, 3.63) is 71.0 Å². The van der Waals surface area contributed by atoms with Crippen molar-refractivity contribution in [2.75, 3.05) is 0 Å². The van der Waals surface area contributed by atoms with Gasteiger partial charge in [-0.3, -0.25) is 0 Å². The van der Waals surface area contributed by atoms with Crippen LogP contribution in [-0.2, 0) is 0 Å². The first-order valence-electron chi connectivity index (χ1n) is 7.62. The Balaban J connectivity index is 0.00000100. The molecule has 0 amide bonds. The maximum Gasteiger partial charge on any atom is 0.160 e. The molecular formula is C19H17ClF2N2. The third kappa shape index (κ3) is 3.44. The third-order valence-corrected chi connectivity index (χ3v) is 3.65. The van der Waals surface area contributed by atoms with E-state index in [2.05, 4.69) is 10.2 Å². The van der Waals surface area contributed by atoms with Crippen LogP contribution in [-0.4, -0.2) is 10.2 Å². The average Bonchev–Trinajstić information content (AvgIpc) is 2.60. The van der Waals surface area contributed by atoms with Crippen LogP contribution >= 0.6 is 11.6 Å². The van der Waals surface area contributed by atoms with Gasteiger partial charge in [-0.25, -0.2) is 8.78 Å². The Morgan fingerprint density at radius 1 is 0.750 bits per heavy atom. The van der Waals surface area contributed by atoms with Crippen LogP contribution in [0.25, 0.3) is 22.3 Å². The highest BCUT2D eigenvalue weighted by Gasteiger charge is 2.22. The van der Waals surface area contributed by atoms with E-state index in [9.17, 15) is 8.78 Å². The van der Waals surface area contributed by atoms with Crippen LogP contribution in [0.2, 0.25) is 5.15 Å². The van der Waals surface area contributed by atoms with Gasteiger partial charge in [0, 0.05) is 11.1 Å². The molecule has 0 saturated heterocycles. The Morgan fingerprint density at radius 3 is 1.92 bits per heavy atom. The molecule has 1 heterocycles. The number of nitrogens with zero attached hydrogens (tertiary/aromatic N) is 2. The molecule has 0 saturated carbocycles. The minimum Gasteiger partial charge on any atom is -0.206 e. The van der Waals surface area contributed by atoms with Crippen molar-refractivity contribution in [2.45, 2.75) is 20.8 Å². The number of benzene rings is 2. The SMILES string of the molecule is CC.Cc1nnc(Cl)c(-c2c(F)cccc2F)c1-c1ccccc1. The van der Waals surface area contributed by atoms with Gasteiger partial charge in [0.15, 0.2) is 5.15 Å². The maximum absolute atomic E-state index is 14.2. The van der Waals surface area contributed by atoms with Gasteiger partial charge in [-0.2, -0.15) is 5.10 Å². The van der Waals surface area contributed by atoms with Gasteiger partial charge < -0.3 is 0 Å². The fraction of sp³-hybridized carbons (Fsp3) is 0.158. The van der Waals surface area contributed by atoms with Crippen LogP contribution in [0, 0.1) is 18.6 Å². The monoisotopic (exact) mass is 346 g/mol. The van der Waals surface area contributed by atoms with Crippen molar-refractivity contribution in [1.29, 1.82) is 0 Å². The van der Waals surface area contributed by atoms with Crippen LogP contribution in [0.4, 0.5) is 8.78 Å². The lowest BCUT2D eigenvalue weighted by molar-refractivity contribution is 0.589. The molecule has 0 spiro atoms. The van der Waals surface area contributed by atoms with E-state index in [-0.39, 0.29) is 16.3 Å². The van der Waals surface area contributed by atoms with Gasteiger partial charge in [-0.15, -0.1) is 5.10 Å². The lowest BCUT2D eigenvalue weighted by atomic mass is 9.94. The number of hydrogen-bond donors (Lipinski definition) is 0. The first-order valence-corrected chi connectivity index (χ1v) is 8.00. The Labute approximate surface area is 145 Å². The van der Waals surface area contributed by atoms with Crippen LogP contribution < -0.4 is 0 Å². The summed E-state index contributed by atoms with van der Waals surface area (Å²) in [6.07, 6.45) is 0. The highest BCUT2D eigenvalue weighted by Crippen LogP contribution is 2.39. The topological polar surface area (TPSA) is 25.8 Å². The lowest BCUT2D eigenvalue weighted by Gasteiger charge is -2.14. The minimum absolute atomic E-state index is 0.0338. The molecule has 0 aliphatic rings. The fourth-order valence-corrected chi connectivity index (χ4v) is 2.65. The molecule has 0 radical (unpaired) electrons. The molecule has 3 rings (SSSR count). The Hall–Kier alpha value is -2.33. The quantitative estimate of drug-likeness (QED) is 0.562. The van der Waals surface area contributed by atoms with Gasteiger partial charge in [0.25, 0.3) is 0 Å². The molecule has 24 heavy (non-hydrogen) atoms. The van der Waals surface area contributed by atoms with Gasteiger partial charge >= 0.3 is 0 Å². The molecule has 0 atom stereocenters. The Bertz CT molecular complexity index is 816. The second-order valence-electron chi connectivity index (χ2n) is 4.79. The number of hydrogen-bond acceptors (Lipinski definition) is 2. The predicted molar refractivity (Wildman–Crippen MR) is 93.9 cm³/mol. The van der Waals surface area contributed by atoms with E-state index in [0.29, 0.717) is 11.3 Å². The van der Waals surface area contributed by atoms with E-state index < -0.39 is 11.6 Å². The number of aromatic nitrogens is 2. The van der Waals surface area contributed by atoms with Crippen LogP contribution in [0.5, 0.6) is 0 Å². The van der Waals surface area contributed by atoms with Crippen molar-refractivity contribution in [2.24, 2.45) is 0 Å². The molecule has 0 N–H and O–H groups in total. The Morgan fingerprint density at radius 2 is 1.33 bits per heavy atom. The van der Waals surface area contributed by atoms with Crippen LogP contribution in [0.3, 0.4) is 0 Å². The highest BCUT2D eigenvalue weighted by molar-refractivity contribution is 6.32. The predicted octanol–water partition coefficient (Wildman–Crippen LogP) is 6.08. The van der Waals surface area contributed by atoms with Crippen molar-refractivity contribution >= 4 is 11.6 Å². The van der Waals surface area contributed by atoms with Gasteiger partial charge in [-0.1, -0.05) is 61.8 Å². The van der Waals surface area contributed by atoms with E-state index in [4.69, 9.17) is 11.6 Å². The average molecular weight is 347 g/mol. The molecule has 2 nitrogen and oxygen atoms in total. The third-order valence-electron chi connectivity index (χ3n) is 3.38. The molecule has 3 aromatic rings. The highest BCUT2D eigenvalue weighted by atomic mass is 35.5. The number of rotatable bonds is 2. The lowest BCUT2D eigenvalue weighted by Crippen LogP contribution is -2.00. The number of halogens is 3. The molecule has 0 aliphatic heterocycles. The van der Waals surface area contributed by atoms with Crippen molar-refractivity contribution in [3.63, 3.8) is 0 Å². The molecule has 0 fully saturated rings. The molecule has 124 valence electrons. The first kappa shape index (κ1) is 18.0. The number of aryl methyl sites for hydroxylation is 1. The molecule has 0 unspecified atom stereocenters. The summed E-state index contributed by atoms with van der Waals surface area (Å²) < 4.78 is 28.4. The van der Waals surface area contributed by atoms with E-state index in [0.717, 1.165) is 5.56 Å². The summed E-state index contributed by atoms with van der Waals surface area (Å²) in [6.45, 7) is 5.73. The van der Waals surface area contributed by atoms with Crippen LogP contribution in [0.1, 0.15) is 19.5 Å². The first-order chi connectivity index (χ1) is 11.6. The standard InChI is InChI=1S/C17H11ClF2N2.C2H6/c1-10-14(11-6-3-2-4-7-11)16(17(18)22-21-10)15-12(19)8-5-9-13(15)20;1-2/h2-9H,1H3;1-2H3.